The van der Waals surface area contributed by atoms with Gasteiger partial charge in [-0.05, 0) is 28.1 Å². The first-order chi connectivity index (χ1) is 6.74. The van der Waals surface area contributed by atoms with Gasteiger partial charge in [0.2, 0.25) is 0 Å². The lowest BCUT2D eigenvalue weighted by Crippen LogP contribution is -2.08. The minimum absolute atomic E-state index is 0.414. The number of benzene rings is 1. The number of halogens is 1. The highest BCUT2D eigenvalue weighted by Gasteiger charge is 2.04. The van der Waals surface area contributed by atoms with Crippen molar-refractivity contribution in [2.75, 3.05) is 5.75 Å². The fourth-order valence-electron chi connectivity index (χ4n) is 0.943. The third-order valence-corrected chi connectivity index (χ3v) is 3.79. The number of thioether (sulfide) groups is 1. The van der Waals surface area contributed by atoms with Crippen LogP contribution in [0.5, 0.6) is 0 Å². The number of aliphatic hydroxyl groups is 1. The van der Waals surface area contributed by atoms with Gasteiger partial charge in [0.05, 0.1) is 6.10 Å². The standard InChI is InChI=1S/C11H11BrOS/c1-2-5-9(13)8-14-11-7-4-3-6-10(11)12/h1,3-4,6-7,9,13H,5,8H2. The molecule has 1 unspecified atom stereocenters. The molecule has 3 heteroatoms. The molecule has 0 heterocycles. The molecular weight excluding hydrogens is 260 g/mol. The van der Waals surface area contributed by atoms with Gasteiger partial charge in [-0.1, -0.05) is 12.1 Å². The van der Waals surface area contributed by atoms with Gasteiger partial charge < -0.3 is 5.11 Å². The third-order valence-electron chi connectivity index (χ3n) is 1.62. The summed E-state index contributed by atoms with van der Waals surface area (Å²) in [5.41, 5.74) is 0. The van der Waals surface area contributed by atoms with Crippen LogP contribution in [0.15, 0.2) is 33.6 Å². The molecular formula is C11H11BrOS. The van der Waals surface area contributed by atoms with E-state index < -0.39 is 6.10 Å². The summed E-state index contributed by atoms with van der Waals surface area (Å²) in [6.07, 6.45) is 5.09. The zero-order valence-electron chi connectivity index (χ0n) is 7.61. The van der Waals surface area contributed by atoms with E-state index in [1.807, 2.05) is 24.3 Å². The number of hydrogen-bond donors (Lipinski definition) is 1. The van der Waals surface area contributed by atoms with Crippen molar-refractivity contribution in [3.63, 3.8) is 0 Å². The van der Waals surface area contributed by atoms with E-state index in [1.165, 1.54) is 0 Å². The molecule has 0 fully saturated rings. The van der Waals surface area contributed by atoms with Gasteiger partial charge in [-0.15, -0.1) is 24.1 Å². The molecule has 0 spiro atoms. The first-order valence-corrected chi connectivity index (χ1v) is 6.00. The minimum Gasteiger partial charge on any atom is -0.391 e. The Morgan fingerprint density at radius 3 is 2.86 bits per heavy atom. The Morgan fingerprint density at radius 1 is 1.50 bits per heavy atom. The van der Waals surface area contributed by atoms with E-state index >= 15 is 0 Å². The lowest BCUT2D eigenvalue weighted by molar-refractivity contribution is 0.205. The van der Waals surface area contributed by atoms with Crippen LogP contribution >= 0.6 is 27.7 Å². The summed E-state index contributed by atoms with van der Waals surface area (Å²) in [7, 11) is 0. The zero-order chi connectivity index (χ0) is 10.4. The molecule has 0 bridgehead atoms. The Bertz CT molecular complexity index is 332. The average molecular weight is 271 g/mol. The van der Waals surface area contributed by atoms with Crippen molar-refractivity contribution in [1.82, 2.24) is 0 Å². The number of rotatable bonds is 4. The van der Waals surface area contributed by atoms with E-state index in [0.29, 0.717) is 12.2 Å². The molecule has 0 aromatic heterocycles. The highest BCUT2D eigenvalue weighted by atomic mass is 79.9. The molecule has 14 heavy (non-hydrogen) atoms. The van der Waals surface area contributed by atoms with E-state index in [4.69, 9.17) is 6.42 Å². The summed E-state index contributed by atoms with van der Waals surface area (Å²) in [4.78, 5) is 1.13. The van der Waals surface area contributed by atoms with Crippen LogP contribution in [0.4, 0.5) is 0 Å². The molecule has 1 aromatic carbocycles. The van der Waals surface area contributed by atoms with Crippen molar-refractivity contribution >= 4 is 27.7 Å². The Balaban J connectivity index is 2.46. The van der Waals surface area contributed by atoms with Crippen molar-refractivity contribution in [3.05, 3.63) is 28.7 Å². The van der Waals surface area contributed by atoms with Gasteiger partial charge in [0.25, 0.3) is 0 Å². The predicted molar refractivity (Wildman–Crippen MR) is 64.3 cm³/mol. The van der Waals surface area contributed by atoms with Crippen LogP contribution in [0, 0.1) is 12.3 Å². The smallest absolute Gasteiger partial charge is 0.0743 e. The van der Waals surface area contributed by atoms with Crippen LogP contribution in [0.1, 0.15) is 6.42 Å². The van der Waals surface area contributed by atoms with E-state index in [1.54, 1.807) is 11.8 Å². The molecule has 0 saturated heterocycles. The van der Waals surface area contributed by atoms with Crippen molar-refractivity contribution in [3.8, 4) is 12.3 Å². The number of hydrogen-bond acceptors (Lipinski definition) is 2. The van der Waals surface area contributed by atoms with Crippen LogP contribution in [-0.2, 0) is 0 Å². The van der Waals surface area contributed by atoms with Crippen molar-refractivity contribution in [2.45, 2.75) is 17.4 Å². The van der Waals surface area contributed by atoms with Crippen molar-refractivity contribution in [1.29, 1.82) is 0 Å². The van der Waals surface area contributed by atoms with Gasteiger partial charge in [-0.2, -0.15) is 0 Å². The fourth-order valence-corrected chi connectivity index (χ4v) is 2.44. The van der Waals surface area contributed by atoms with Gasteiger partial charge in [-0.3, -0.25) is 0 Å². The zero-order valence-corrected chi connectivity index (χ0v) is 10.0. The Hall–Kier alpha value is -0.430. The maximum atomic E-state index is 9.42. The molecule has 74 valence electrons. The van der Waals surface area contributed by atoms with Gasteiger partial charge in [-0.25, -0.2) is 0 Å². The second-order valence-corrected chi connectivity index (χ2v) is 4.72. The first kappa shape index (κ1) is 11.6. The van der Waals surface area contributed by atoms with E-state index in [2.05, 4.69) is 21.9 Å². The number of aliphatic hydroxyl groups excluding tert-OH is 1. The van der Waals surface area contributed by atoms with Crippen LogP contribution < -0.4 is 0 Å². The van der Waals surface area contributed by atoms with Crippen molar-refractivity contribution in [2.24, 2.45) is 0 Å². The topological polar surface area (TPSA) is 20.2 Å². The minimum atomic E-state index is -0.419. The lowest BCUT2D eigenvalue weighted by atomic mass is 10.3. The summed E-state index contributed by atoms with van der Waals surface area (Å²) in [5, 5.41) is 9.42. The average Bonchev–Trinajstić information content (AvgIpc) is 2.17. The Kier molecular flexibility index (Phi) is 5.10. The molecule has 1 N–H and O–H groups in total. The Morgan fingerprint density at radius 2 is 2.21 bits per heavy atom. The van der Waals surface area contributed by atoms with E-state index in [0.717, 1.165) is 9.37 Å². The fraction of sp³-hybridized carbons (Fsp3) is 0.273. The molecule has 0 aliphatic rings. The van der Waals surface area contributed by atoms with Crippen LogP contribution in [0.3, 0.4) is 0 Å². The monoisotopic (exact) mass is 270 g/mol. The molecule has 1 atom stereocenters. The van der Waals surface area contributed by atoms with Gasteiger partial charge in [0, 0.05) is 21.5 Å². The lowest BCUT2D eigenvalue weighted by Gasteiger charge is -2.07. The van der Waals surface area contributed by atoms with Crippen molar-refractivity contribution < 1.29 is 5.11 Å². The quantitative estimate of drug-likeness (QED) is 0.671. The van der Waals surface area contributed by atoms with Crippen LogP contribution in [0.2, 0.25) is 0 Å². The molecule has 1 rings (SSSR count). The summed E-state index contributed by atoms with van der Waals surface area (Å²) < 4.78 is 1.05. The van der Waals surface area contributed by atoms with Gasteiger partial charge in [0.15, 0.2) is 0 Å². The van der Waals surface area contributed by atoms with Crippen LogP contribution in [0.25, 0.3) is 0 Å². The second kappa shape index (κ2) is 6.13. The van der Waals surface area contributed by atoms with Gasteiger partial charge >= 0.3 is 0 Å². The normalized spacial score (nSPS) is 12.1. The largest absolute Gasteiger partial charge is 0.391 e. The summed E-state index contributed by atoms with van der Waals surface area (Å²) in [6.45, 7) is 0. The van der Waals surface area contributed by atoms with E-state index in [9.17, 15) is 5.11 Å². The van der Waals surface area contributed by atoms with Crippen LogP contribution in [-0.4, -0.2) is 17.0 Å². The number of terminal acetylenes is 1. The molecule has 0 aliphatic heterocycles. The molecule has 0 amide bonds. The summed E-state index contributed by atoms with van der Waals surface area (Å²) in [6, 6.07) is 7.93. The molecule has 0 saturated carbocycles. The predicted octanol–water partition coefficient (Wildman–Crippen LogP) is 2.93. The Labute approximate surface area is 97.0 Å². The highest BCUT2D eigenvalue weighted by molar-refractivity contribution is 9.10. The molecule has 0 aliphatic carbocycles. The summed E-state index contributed by atoms with van der Waals surface area (Å²) in [5.74, 6) is 3.08. The third kappa shape index (κ3) is 3.75. The highest BCUT2D eigenvalue weighted by Crippen LogP contribution is 2.27. The van der Waals surface area contributed by atoms with Gasteiger partial charge in [0.1, 0.15) is 0 Å². The second-order valence-electron chi connectivity index (χ2n) is 2.80. The first-order valence-electron chi connectivity index (χ1n) is 4.23. The maximum absolute atomic E-state index is 9.42. The maximum Gasteiger partial charge on any atom is 0.0743 e. The molecule has 0 radical (unpaired) electrons. The summed E-state index contributed by atoms with van der Waals surface area (Å²) >= 11 is 5.05. The molecule has 1 nitrogen and oxygen atoms in total. The van der Waals surface area contributed by atoms with E-state index in [-0.39, 0.29) is 0 Å². The SMILES string of the molecule is C#CCC(O)CSc1ccccc1Br. The molecule has 1 aromatic rings.